The molecule has 1 rings (SSSR count). The summed E-state index contributed by atoms with van der Waals surface area (Å²) < 4.78 is 4.62. The standard InChI is InChI=1S/C16H30O2S/c1-18-16(17)13-11-9-7-5-3-2-4-6-8-10-12-15-14-19-15/h15H,2-14H2,1H3. The van der Waals surface area contributed by atoms with E-state index in [0.29, 0.717) is 6.42 Å². The highest BCUT2D eigenvalue weighted by Crippen LogP contribution is 2.34. The maximum Gasteiger partial charge on any atom is 0.305 e. The fourth-order valence-corrected chi connectivity index (χ4v) is 3.03. The molecule has 1 atom stereocenters. The normalized spacial score (nSPS) is 17.4. The monoisotopic (exact) mass is 286 g/mol. The molecule has 1 saturated heterocycles. The summed E-state index contributed by atoms with van der Waals surface area (Å²) in [5.41, 5.74) is 0. The quantitative estimate of drug-likeness (QED) is 0.272. The van der Waals surface area contributed by atoms with Gasteiger partial charge >= 0.3 is 5.97 Å². The number of rotatable bonds is 13. The van der Waals surface area contributed by atoms with Gasteiger partial charge in [-0.2, -0.15) is 11.8 Å². The fraction of sp³-hybridized carbons (Fsp3) is 0.938. The summed E-state index contributed by atoms with van der Waals surface area (Å²) in [7, 11) is 1.46. The molecule has 0 radical (unpaired) electrons. The van der Waals surface area contributed by atoms with Crippen LogP contribution in [0.3, 0.4) is 0 Å². The van der Waals surface area contributed by atoms with Crippen molar-refractivity contribution in [1.82, 2.24) is 0 Å². The summed E-state index contributed by atoms with van der Waals surface area (Å²) in [4.78, 5) is 10.9. The molecule has 0 aliphatic carbocycles. The molecule has 0 bridgehead atoms. The van der Waals surface area contributed by atoms with E-state index >= 15 is 0 Å². The number of hydrogen-bond donors (Lipinski definition) is 0. The minimum atomic E-state index is -0.0652. The summed E-state index contributed by atoms with van der Waals surface area (Å²) in [6.07, 6.45) is 15.3. The van der Waals surface area contributed by atoms with Crippen LogP contribution in [0.15, 0.2) is 0 Å². The van der Waals surface area contributed by atoms with Gasteiger partial charge in [-0.1, -0.05) is 57.8 Å². The molecule has 19 heavy (non-hydrogen) atoms. The van der Waals surface area contributed by atoms with Crippen molar-refractivity contribution >= 4 is 17.7 Å². The zero-order valence-corrected chi connectivity index (χ0v) is 13.3. The van der Waals surface area contributed by atoms with Crippen molar-refractivity contribution in [2.24, 2.45) is 0 Å². The van der Waals surface area contributed by atoms with Crippen LogP contribution in [0.4, 0.5) is 0 Å². The highest BCUT2D eigenvalue weighted by atomic mass is 32.2. The van der Waals surface area contributed by atoms with Gasteiger partial charge in [-0.05, 0) is 12.8 Å². The Morgan fingerprint density at radius 1 is 0.947 bits per heavy atom. The van der Waals surface area contributed by atoms with E-state index in [1.54, 1.807) is 0 Å². The lowest BCUT2D eigenvalue weighted by molar-refractivity contribution is -0.140. The molecule has 0 N–H and O–H groups in total. The predicted molar refractivity (Wildman–Crippen MR) is 83.7 cm³/mol. The maximum atomic E-state index is 10.9. The molecule has 0 aromatic heterocycles. The minimum Gasteiger partial charge on any atom is -0.469 e. The lowest BCUT2D eigenvalue weighted by atomic mass is 10.0. The third-order valence-corrected chi connectivity index (χ3v) is 4.83. The zero-order valence-electron chi connectivity index (χ0n) is 12.5. The Labute approximate surface area is 123 Å². The molecule has 1 aliphatic rings. The third kappa shape index (κ3) is 11.4. The van der Waals surface area contributed by atoms with E-state index in [2.05, 4.69) is 16.5 Å². The van der Waals surface area contributed by atoms with E-state index in [9.17, 15) is 4.79 Å². The Bertz CT molecular complexity index is 227. The van der Waals surface area contributed by atoms with Crippen LogP contribution in [0, 0.1) is 0 Å². The van der Waals surface area contributed by atoms with E-state index < -0.39 is 0 Å². The van der Waals surface area contributed by atoms with Gasteiger partial charge in [-0.15, -0.1) is 0 Å². The maximum absolute atomic E-state index is 10.9. The van der Waals surface area contributed by atoms with E-state index in [1.165, 1.54) is 77.1 Å². The van der Waals surface area contributed by atoms with Crippen molar-refractivity contribution in [3.8, 4) is 0 Å². The molecule has 1 aliphatic heterocycles. The molecular weight excluding hydrogens is 256 g/mol. The van der Waals surface area contributed by atoms with Crippen LogP contribution in [0.2, 0.25) is 0 Å². The molecule has 0 amide bonds. The van der Waals surface area contributed by atoms with E-state index in [4.69, 9.17) is 0 Å². The Balaban J connectivity index is 1.65. The SMILES string of the molecule is COC(=O)CCCCCCCCCCCCC1CS1. The number of methoxy groups -OCH3 is 1. The van der Waals surface area contributed by atoms with Crippen molar-refractivity contribution in [2.45, 2.75) is 82.3 Å². The first-order valence-electron chi connectivity index (χ1n) is 8.01. The molecule has 3 heteroatoms. The van der Waals surface area contributed by atoms with E-state index in [0.717, 1.165) is 11.7 Å². The second-order valence-corrected chi connectivity index (χ2v) is 6.94. The average molecular weight is 286 g/mol. The van der Waals surface area contributed by atoms with Gasteiger partial charge in [0.1, 0.15) is 0 Å². The first-order valence-corrected chi connectivity index (χ1v) is 9.06. The number of thioether (sulfide) groups is 1. The van der Waals surface area contributed by atoms with Gasteiger partial charge in [0, 0.05) is 17.4 Å². The molecule has 0 saturated carbocycles. The Hall–Kier alpha value is -0.180. The Kier molecular flexibility index (Phi) is 10.3. The first-order chi connectivity index (χ1) is 9.33. The summed E-state index contributed by atoms with van der Waals surface area (Å²) in [6, 6.07) is 0. The van der Waals surface area contributed by atoms with Crippen molar-refractivity contribution < 1.29 is 9.53 Å². The van der Waals surface area contributed by atoms with Crippen LogP contribution < -0.4 is 0 Å². The molecule has 0 spiro atoms. The van der Waals surface area contributed by atoms with Crippen molar-refractivity contribution in [3.63, 3.8) is 0 Å². The number of hydrogen-bond acceptors (Lipinski definition) is 3. The average Bonchev–Trinajstić information content (AvgIpc) is 3.23. The molecule has 112 valence electrons. The van der Waals surface area contributed by atoms with Crippen LogP contribution in [0.25, 0.3) is 0 Å². The topological polar surface area (TPSA) is 26.3 Å². The molecule has 1 fully saturated rings. The van der Waals surface area contributed by atoms with E-state index in [-0.39, 0.29) is 5.97 Å². The molecule has 0 aromatic rings. The predicted octanol–water partition coefficient (Wildman–Crippen LogP) is 4.96. The third-order valence-electron chi connectivity index (χ3n) is 3.79. The van der Waals surface area contributed by atoms with Gasteiger partial charge in [0.25, 0.3) is 0 Å². The van der Waals surface area contributed by atoms with Gasteiger partial charge in [-0.3, -0.25) is 4.79 Å². The lowest BCUT2D eigenvalue weighted by Crippen LogP contribution is -1.99. The summed E-state index contributed by atoms with van der Waals surface area (Å²) in [5.74, 6) is 1.36. The zero-order chi connectivity index (χ0) is 13.8. The summed E-state index contributed by atoms with van der Waals surface area (Å²) in [5, 5.41) is 1.03. The minimum absolute atomic E-state index is 0.0652. The molecular formula is C16H30O2S. The van der Waals surface area contributed by atoms with Gasteiger partial charge in [0.2, 0.25) is 0 Å². The smallest absolute Gasteiger partial charge is 0.305 e. The number of unbranched alkanes of at least 4 members (excludes halogenated alkanes) is 9. The number of carbonyl (C=O) groups is 1. The fourth-order valence-electron chi connectivity index (χ4n) is 2.39. The second kappa shape index (κ2) is 11.6. The highest BCUT2D eigenvalue weighted by Gasteiger charge is 2.20. The first kappa shape index (κ1) is 16.9. The number of carbonyl (C=O) groups excluding carboxylic acids is 1. The van der Waals surface area contributed by atoms with E-state index in [1.807, 2.05) is 0 Å². The van der Waals surface area contributed by atoms with Crippen LogP contribution in [0.5, 0.6) is 0 Å². The highest BCUT2D eigenvalue weighted by molar-refractivity contribution is 8.06. The van der Waals surface area contributed by atoms with Gasteiger partial charge < -0.3 is 4.74 Å². The Morgan fingerprint density at radius 3 is 1.89 bits per heavy atom. The largest absolute Gasteiger partial charge is 0.469 e. The second-order valence-electron chi connectivity index (χ2n) is 5.61. The molecule has 0 aromatic carbocycles. The van der Waals surface area contributed by atoms with Crippen LogP contribution in [-0.4, -0.2) is 24.1 Å². The molecule has 1 unspecified atom stereocenters. The molecule has 2 nitrogen and oxygen atoms in total. The number of esters is 1. The van der Waals surface area contributed by atoms with Crippen LogP contribution >= 0.6 is 11.8 Å². The van der Waals surface area contributed by atoms with Crippen molar-refractivity contribution in [3.05, 3.63) is 0 Å². The van der Waals surface area contributed by atoms with Gasteiger partial charge in [0.05, 0.1) is 7.11 Å². The van der Waals surface area contributed by atoms with Crippen LogP contribution in [0.1, 0.15) is 77.0 Å². The summed E-state index contributed by atoms with van der Waals surface area (Å²) >= 11 is 2.12. The lowest BCUT2D eigenvalue weighted by Gasteiger charge is -2.02. The number of ether oxygens (including phenoxy) is 1. The van der Waals surface area contributed by atoms with Crippen molar-refractivity contribution in [2.75, 3.05) is 12.9 Å². The Morgan fingerprint density at radius 2 is 1.42 bits per heavy atom. The summed E-state index contributed by atoms with van der Waals surface area (Å²) in [6.45, 7) is 0. The van der Waals surface area contributed by atoms with Gasteiger partial charge in [0.15, 0.2) is 0 Å². The van der Waals surface area contributed by atoms with Crippen LogP contribution in [-0.2, 0) is 9.53 Å². The van der Waals surface area contributed by atoms with Gasteiger partial charge in [-0.25, -0.2) is 0 Å². The molecule has 1 heterocycles. The van der Waals surface area contributed by atoms with Crippen molar-refractivity contribution in [1.29, 1.82) is 0 Å².